The second-order valence-corrected chi connectivity index (χ2v) is 6.43. The molecular weight excluding hydrogens is 344 g/mol. The summed E-state index contributed by atoms with van der Waals surface area (Å²) in [6.07, 6.45) is 0. The van der Waals surface area contributed by atoms with Crippen molar-refractivity contribution >= 4 is 44.8 Å². The third-order valence-electron chi connectivity index (χ3n) is 3.76. The highest BCUT2D eigenvalue weighted by atomic mass is 32.2. The smallest absolute Gasteiger partial charge is 0.348 e. The summed E-state index contributed by atoms with van der Waals surface area (Å²) in [5, 5.41) is -0.343. The van der Waals surface area contributed by atoms with Crippen molar-refractivity contribution in [3.8, 4) is 0 Å². The van der Waals surface area contributed by atoms with Crippen LogP contribution in [0.15, 0.2) is 23.1 Å². The topological polar surface area (TPSA) is 141 Å². The fourth-order valence-electron chi connectivity index (χ4n) is 2.83. The Morgan fingerprint density at radius 2 is 1.25 bits per heavy atom. The molecule has 0 saturated heterocycles. The molecule has 0 aromatic heterocycles. The number of carbonyl (C=O) groups is 4. The second-order valence-electron chi connectivity index (χ2n) is 5.04. The molecule has 9 nitrogen and oxygen atoms in total. The Morgan fingerprint density at radius 1 is 0.750 bits per heavy atom. The van der Waals surface area contributed by atoms with Crippen molar-refractivity contribution in [3.63, 3.8) is 0 Å². The molecule has 0 amide bonds. The van der Waals surface area contributed by atoms with Crippen molar-refractivity contribution in [1.29, 1.82) is 0 Å². The molecule has 0 aliphatic carbocycles. The van der Waals surface area contributed by atoms with Crippen LogP contribution in [0.5, 0.6) is 0 Å². The number of ether oxygens (including phenoxy) is 2. The number of cyclic esters (lactones) is 4. The molecule has 0 bridgehead atoms. The summed E-state index contributed by atoms with van der Waals surface area (Å²) >= 11 is 0. The lowest BCUT2D eigenvalue weighted by molar-refractivity contribution is 0.0363. The van der Waals surface area contributed by atoms with Crippen LogP contribution in [0.3, 0.4) is 0 Å². The van der Waals surface area contributed by atoms with Crippen LogP contribution in [0.25, 0.3) is 10.8 Å². The van der Waals surface area contributed by atoms with Crippen LogP contribution in [-0.4, -0.2) is 36.8 Å². The number of rotatable bonds is 1. The van der Waals surface area contributed by atoms with E-state index in [2.05, 4.69) is 9.47 Å². The summed E-state index contributed by atoms with van der Waals surface area (Å²) in [5.41, 5.74) is -1.30. The molecule has 2 aliphatic heterocycles. The van der Waals surface area contributed by atoms with Gasteiger partial charge in [-0.3, -0.25) is 4.55 Å². The predicted molar refractivity (Wildman–Crippen MR) is 73.3 cm³/mol. The number of hydrogen-bond donors (Lipinski definition) is 1. The van der Waals surface area contributed by atoms with E-state index in [1.54, 1.807) is 0 Å². The maximum absolute atomic E-state index is 12.0. The normalized spacial score (nSPS) is 16.2. The van der Waals surface area contributed by atoms with Gasteiger partial charge in [-0.1, -0.05) is 0 Å². The van der Waals surface area contributed by atoms with Crippen molar-refractivity contribution in [1.82, 2.24) is 0 Å². The summed E-state index contributed by atoms with van der Waals surface area (Å²) in [5.74, 6) is -4.54. The molecule has 2 aromatic carbocycles. The van der Waals surface area contributed by atoms with Gasteiger partial charge in [0.15, 0.2) is 0 Å². The minimum Gasteiger partial charge on any atom is -0.386 e. The predicted octanol–water partition coefficient (Wildman–Crippen LogP) is 0.708. The van der Waals surface area contributed by atoms with Crippen LogP contribution >= 0.6 is 0 Å². The Labute approximate surface area is 132 Å². The van der Waals surface area contributed by atoms with Crippen molar-refractivity contribution in [2.45, 2.75) is 4.90 Å². The second kappa shape index (κ2) is 4.24. The van der Waals surface area contributed by atoms with E-state index in [0.717, 1.165) is 6.07 Å². The first-order valence-corrected chi connectivity index (χ1v) is 7.78. The van der Waals surface area contributed by atoms with E-state index in [4.69, 9.17) is 0 Å². The zero-order chi connectivity index (χ0) is 17.4. The Kier molecular flexibility index (Phi) is 2.56. The van der Waals surface area contributed by atoms with Crippen LogP contribution < -0.4 is 0 Å². The average Bonchev–Trinajstić information content (AvgIpc) is 2.48. The Morgan fingerprint density at radius 3 is 1.83 bits per heavy atom. The van der Waals surface area contributed by atoms with Crippen molar-refractivity contribution in [2.24, 2.45) is 0 Å². The third kappa shape index (κ3) is 1.69. The maximum atomic E-state index is 12.0. The lowest BCUT2D eigenvalue weighted by Crippen LogP contribution is -2.27. The zero-order valence-electron chi connectivity index (χ0n) is 11.4. The van der Waals surface area contributed by atoms with Gasteiger partial charge in [0.1, 0.15) is 4.90 Å². The number of benzene rings is 2. The van der Waals surface area contributed by atoms with E-state index >= 15 is 0 Å². The molecule has 4 rings (SSSR count). The van der Waals surface area contributed by atoms with Gasteiger partial charge in [-0.15, -0.1) is 0 Å². The van der Waals surface area contributed by atoms with Gasteiger partial charge in [-0.05, 0) is 18.2 Å². The molecule has 2 aromatic rings. The quantitative estimate of drug-likeness (QED) is 0.448. The van der Waals surface area contributed by atoms with Crippen LogP contribution in [0.1, 0.15) is 41.4 Å². The van der Waals surface area contributed by atoms with Crippen LogP contribution in [0.4, 0.5) is 0 Å². The van der Waals surface area contributed by atoms with Crippen molar-refractivity contribution in [2.75, 3.05) is 0 Å². The molecule has 0 radical (unpaired) electrons. The summed E-state index contributed by atoms with van der Waals surface area (Å²) in [6, 6.07) is 3.06. The molecule has 0 saturated carbocycles. The SMILES string of the molecule is O=C1OC(=O)c2cc(S(=O)(=O)O)c3c4c(ccc1c24)C(=O)OC3=O. The molecule has 0 unspecified atom stereocenters. The van der Waals surface area contributed by atoms with Gasteiger partial charge in [0.25, 0.3) is 10.1 Å². The van der Waals surface area contributed by atoms with E-state index in [1.807, 2.05) is 0 Å². The van der Waals surface area contributed by atoms with E-state index < -0.39 is 44.5 Å². The maximum Gasteiger partial charge on any atom is 0.348 e. The summed E-state index contributed by atoms with van der Waals surface area (Å²) < 4.78 is 41.5. The fourth-order valence-corrected chi connectivity index (χ4v) is 3.54. The van der Waals surface area contributed by atoms with E-state index in [1.165, 1.54) is 6.07 Å². The van der Waals surface area contributed by atoms with Crippen molar-refractivity contribution < 1.29 is 41.6 Å². The minimum atomic E-state index is -4.93. The van der Waals surface area contributed by atoms with E-state index in [0.29, 0.717) is 6.07 Å². The highest BCUT2D eigenvalue weighted by Gasteiger charge is 2.39. The van der Waals surface area contributed by atoms with Crippen LogP contribution in [0, 0.1) is 0 Å². The largest absolute Gasteiger partial charge is 0.386 e. The first-order chi connectivity index (χ1) is 11.2. The summed E-state index contributed by atoms with van der Waals surface area (Å²) in [6.45, 7) is 0. The Balaban J connectivity index is 2.36. The standard InChI is InChI=1S/C14H4O9S/c15-11-4-1-2-5-9-8(4)6(13(17)22-11)3-7(24(19,20)21)10(9)14(18)23-12(5)16/h1-3H,(H,19,20,21). The Bertz CT molecular complexity index is 1140. The highest BCUT2D eigenvalue weighted by molar-refractivity contribution is 7.86. The van der Waals surface area contributed by atoms with E-state index in [-0.39, 0.29) is 27.5 Å². The molecule has 1 N–H and O–H groups in total. The fraction of sp³-hybridized carbons (Fsp3) is 0. The molecule has 10 heteroatoms. The highest BCUT2D eigenvalue weighted by Crippen LogP contribution is 2.39. The molecule has 120 valence electrons. The molecule has 0 fully saturated rings. The van der Waals surface area contributed by atoms with E-state index in [9.17, 15) is 32.1 Å². The van der Waals surface area contributed by atoms with Gasteiger partial charge in [0.05, 0.1) is 22.3 Å². The Hall–Kier alpha value is -3.11. The van der Waals surface area contributed by atoms with Gasteiger partial charge < -0.3 is 9.47 Å². The van der Waals surface area contributed by atoms with Crippen molar-refractivity contribution in [3.05, 3.63) is 40.5 Å². The monoisotopic (exact) mass is 348 g/mol. The molecule has 2 aliphatic rings. The third-order valence-corrected chi connectivity index (χ3v) is 4.64. The van der Waals surface area contributed by atoms with Gasteiger partial charge >= 0.3 is 23.9 Å². The van der Waals surface area contributed by atoms with Gasteiger partial charge in [-0.2, -0.15) is 8.42 Å². The van der Waals surface area contributed by atoms with Gasteiger partial charge in [-0.25, -0.2) is 19.2 Å². The average molecular weight is 348 g/mol. The molecular formula is C14H4O9S. The number of esters is 4. The summed E-state index contributed by atoms with van der Waals surface area (Å²) in [4.78, 5) is 46.8. The molecule has 0 spiro atoms. The molecule has 2 heterocycles. The molecule has 0 atom stereocenters. The van der Waals surface area contributed by atoms with Crippen LogP contribution in [-0.2, 0) is 19.6 Å². The number of carbonyl (C=O) groups excluding carboxylic acids is 4. The zero-order valence-corrected chi connectivity index (χ0v) is 12.2. The van der Waals surface area contributed by atoms with Gasteiger partial charge in [0.2, 0.25) is 0 Å². The number of hydrogen-bond acceptors (Lipinski definition) is 8. The first kappa shape index (κ1) is 14.5. The lowest BCUT2D eigenvalue weighted by Gasteiger charge is -2.22. The van der Waals surface area contributed by atoms with Crippen LogP contribution in [0.2, 0.25) is 0 Å². The first-order valence-electron chi connectivity index (χ1n) is 6.34. The molecule has 24 heavy (non-hydrogen) atoms. The van der Waals surface area contributed by atoms with Gasteiger partial charge in [0, 0.05) is 10.8 Å². The lowest BCUT2D eigenvalue weighted by atomic mass is 9.89. The summed E-state index contributed by atoms with van der Waals surface area (Å²) in [7, 11) is -4.93. The minimum absolute atomic E-state index is 0.0962.